The summed E-state index contributed by atoms with van der Waals surface area (Å²) in [4.78, 5) is 4.72. The molecule has 0 saturated carbocycles. The van der Waals surface area contributed by atoms with Crippen molar-refractivity contribution in [3.8, 4) is 0 Å². The zero-order chi connectivity index (χ0) is 17.1. The van der Waals surface area contributed by atoms with Crippen molar-refractivity contribution >= 4 is 5.90 Å². The van der Waals surface area contributed by atoms with Crippen LogP contribution in [-0.4, -0.2) is 23.7 Å². The summed E-state index contributed by atoms with van der Waals surface area (Å²) in [5.41, 5.74) is 4.19. The van der Waals surface area contributed by atoms with Crippen molar-refractivity contribution in [1.82, 2.24) is 0 Å². The highest BCUT2D eigenvalue weighted by Gasteiger charge is 2.24. The molecule has 0 aromatic heterocycles. The van der Waals surface area contributed by atoms with Gasteiger partial charge in [0.2, 0.25) is 5.90 Å². The van der Waals surface area contributed by atoms with E-state index in [9.17, 15) is 5.11 Å². The normalized spacial score (nSPS) is 18.4. The summed E-state index contributed by atoms with van der Waals surface area (Å²) in [5, 5.41) is 10.6. The monoisotopic (exact) mass is 323 g/mol. The molecule has 0 aliphatic carbocycles. The Balaban J connectivity index is 1.82. The topological polar surface area (TPSA) is 41.8 Å². The molecule has 1 unspecified atom stereocenters. The second-order valence-corrected chi connectivity index (χ2v) is 6.84. The Morgan fingerprint density at radius 2 is 1.83 bits per heavy atom. The van der Waals surface area contributed by atoms with Crippen molar-refractivity contribution in [3.05, 3.63) is 70.8 Å². The van der Waals surface area contributed by atoms with Gasteiger partial charge < -0.3 is 9.84 Å². The summed E-state index contributed by atoms with van der Waals surface area (Å²) in [5.74, 6) is 1.17. The number of hydrogen-bond acceptors (Lipinski definition) is 3. The van der Waals surface area contributed by atoms with Crippen molar-refractivity contribution < 1.29 is 9.84 Å². The van der Waals surface area contributed by atoms with Gasteiger partial charge in [-0.1, -0.05) is 61.9 Å². The molecule has 0 amide bonds. The molecule has 24 heavy (non-hydrogen) atoms. The number of aliphatic hydroxyl groups excluding tert-OH is 1. The summed E-state index contributed by atoms with van der Waals surface area (Å²) in [6, 6.07) is 16.3. The predicted molar refractivity (Wildman–Crippen MR) is 97.4 cm³/mol. The van der Waals surface area contributed by atoms with E-state index in [0.717, 1.165) is 16.7 Å². The van der Waals surface area contributed by atoms with E-state index in [2.05, 4.69) is 13.8 Å². The molecule has 1 N–H and O–H groups in total. The average Bonchev–Trinajstić information content (AvgIpc) is 3.06. The Kier molecular flexibility index (Phi) is 5.00. The number of benzene rings is 2. The molecule has 0 saturated heterocycles. The van der Waals surface area contributed by atoms with Crippen LogP contribution in [0.1, 0.15) is 42.2 Å². The summed E-state index contributed by atoms with van der Waals surface area (Å²) < 4.78 is 5.82. The lowest BCUT2D eigenvalue weighted by Gasteiger charge is -2.14. The van der Waals surface area contributed by atoms with Gasteiger partial charge in [0.25, 0.3) is 0 Å². The van der Waals surface area contributed by atoms with E-state index in [-0.39, 0.29) is 6.04 Å². The lowest BCUT2D eigenvalue weighted by Crippen LogP contribution is -2.13. The van der Waals surface area contributed by atoms with Crippen molar-refractivity contribution in [2.45, 2.75) is 39.3 Å². The largest absolute Gasteiger partial charge is 0.475 e. The van der Waals surface area contributed by atoms with Crippen molar-refractivity contribution in [1.29, 1.82) is 0 Å². The van der Waals surface area contributed by atoms with E-state index >= 15 is 0 Å². The Bertz CT molecular complexity index is 719. The first kappa shape index (κ1) is 16.7. The Morgan fingerprint density at radius 1 is 1.12 bits per heavy atom. The highest BCUT2D eigenvalue weighted by Crippen LogP contribution is 2.24. The van der Waals surface area contributed by atoms with Crippen LogP contribution in [0, 0.1) is 12.8 Å². The Labute approximate surface area is 144 Å². The second kappa shape index (κ2) is 7.18. The van der Waals surface area contributed by atoms with Crippen LogP contribution < -0.4 is 0 Å². The minimum Gasteiger partial charge on any atom is -0.475 e. The maximum Gasteiger partial charge on any atom is 0.216 e. The average molecular weight is 323 g/mol. The molecule has 0 fully saturated rings. The van der Waals surface area contributed by atoms with E-state index in [4.69, 9.17) is 9.73 Å². The fourth-order valence-electron chi connectivity index (χ4n) is 2.90. The van der Waals surface area contributed by atoms with Gasteiger partial charge in [0.05, 0.1) is 12.1 Å². The van der Waals surface area contributed by atoms with Gasteiger partial charge in [-0.3, -0.25) is 0 Å². The molecule has 3 rings (SSSR count). The number of nitrogens with zero attached hydrogens (tertiary/aromatic N) is 1. The van der Waals surface area contributed by atoms with Gasteiger partial charge in [-0.05, 0) is 30.0 Å². The lowest BCUT2D eigenvalue weighted by molar-refractivity contribution is 0.178. The molecule has 2 aromatic carbocycles. The second-order valence-electron chi connectivity index (χ2n) is 6.84. The molecule has 1 heterocycles. The first-order valence-electron chi connectivity index (χ1n) is 8.58. The highest BCUT2D eigenvalue weighted by atomic mass is 16.5. The molecule has 0 bridgehead atoms. The SMILES string of the molecule is Cc1ccc(C(O)Cc2ccccc2C2=N[C@@H](C(C)C)CO2)cc1. The van der Waals surface area contributed by atoms with Crippen LogP contribution in [0.3, 0.4) is 0 Å². The molecular formula is C21H25NO2. The van der Waals surface area contributed by atoms with Crippen LogP contribution in [0.5, 0.6) is 0 Å². The van der Waals surface area contributed by atoms with Crippen LogP contribution in [-0.2, 0) is 11.2 Å². The summed E-state index contributed by atoms with van der Waals surface area (Å²) >= 11 is 0. The van der Waals surface area contributed by atoms with Crippen LogP contribution in [0.25, 0.3) is 0 Å². The summed E-state index contributed by atoms with van der Waals surface area (Å²) in [7, 11) is 0. The molecule has 0 radical (unpaired) electrons. The third kappa shape index (κ3) is 3.68. The number of aliphatic imine (C=N–C) groups is 1. The van der Waals surface area contributed by atoms with E-state index in [1.54, 1.807) is 0 Å². The molecule has 0 spiro atoms. The molecule has 2 atom stereocenters. The van der Waals surface area contributed by atoms with Crippen molar-refractivity contribution in [3.63, 3.8) is 0 Å². The molecule has 3 heteroatoms. The number of ether oxygens (including phenoxy) is 1. The van der Waals surface area contributed by atoms with E-state index in [1.165, 1.54) is 5.56 Å². The standard InChI is InChI=1S/C21H25NO2/c1-14(2)19-13-24-21(22-19)18-7-5-4-6-17(18)12-20(23)16-10-8-15(3)9-11-16/h4-11,14,19-20,23H,12-13H2,1-3H3/t19-,20?/m1/s1. The molecule has 3 nitrogen and oxygen atoms in total. The molecule has 1 aliphatic heterocycles. The molecule has 1 aliphatic rings. The van der Waals surface area contributed by atoms with E-state index in [1.807, 2.05) is 55.5 Å². The number of aryl methyl sites for hydroxylation is 1. The number of aliphatic hydroxyl groups is 1. The molecule has 2 aromatic rings. The summed E-state index contributed by atoms with van der Waals surface area (Å²) in [6.45, 7) is 7.01. The Hall–Kier alpha value is -2.13. The zero-order valence-electron chi connectivity index (χ0n) is 14.6. The van der Waals surface area contributed by atoms with Gasteiger partial charge in [0.15, 0.2) is 0 Å². The van der Waals surface area contributed by atoms with Crippen LogP contribution in [0.4, 0.5) is 0 Å². The smallest absolute Gasteiger partial charge is 0.216 e. The molecular weight excluding hydrogens is 298 g/mol. The lowest BCUT2D eigenvalue weighted by atomic mass is 9.97. The number of hydrogen-bond donors (Lipinski definition) is 1. The van der Waals surface area contributed by atoms with Gasteiger partial charge in [-0.2, -0.15) is 0 Å². The van der Waals surface area contributed by atoms with E-state index < -0.39 is 6.10 Å². The van der Waals surface area contributed by atoms with Gasteiger partial charge in [-0.25, -0.2) is 4.99 Å². The quantitative estimate of drug-likeness (QED) is 0.901. The van der Waals surface area contributed by atoms with Gasteiger partial charge in [0, 0.05) is 12.0 Å². The van der Waals surface area contributed by atoms with Crippen LogP contribution >= 0.6 is 0 Å². The summed E-state index contributed by atoms with van der Waals surface area (Å²) in [6.07, 6.45) is 0.0168. The minimum absolute atomic E-state index is 0.218. The fraction of sp³-hybridized carbons (Fsp3) is 0.381. The first-order chi connectivity index (χ1) is 11.5. The van der Waals surface area contributed by atoms with Crippen LogP contribution in [0.15, 0.2) is 53.5 Å². The maximum absolute atomic E-state index is 10.6. The number of rotatable bonds is 5. The zero-order valence-corrected chi connectivity index (χ0v) is 14.6. The molecule has 126 valence electrons. The van der Waals surface area contributed by atoms with Crippen molar-refractivity contribution in [2.75, 3.05) is 6.61 Å². The van der Waals surface area contributed by atoms with Gasteiger partial charge in [0.1, 0.15) is 6.61 Å². The van der Waals surface area contributed by atoms with Crippen LogP contribution in [0.2, 0.25) is 0 Å². The first-order valence-corrected chi connectivity index (χ1v) is 8.58. The highest BCUT2D eigenvalue weighted by molar-refractivity contribution is 5.96. The third-order valence-corrected chi connectivity index (χ3v) is 4.57. The van der Waals surface area contributed by atoms with Gasteiger partial charge in [-0.15, -0.1) is 0 Å². The fourth-order valence-corrected chi connectivity index (χ4v) is 2.90. The van der Waals surface area contributed by atoms with Crippen molar-refractivity contribution in [2.24, 2.45) is 10.9 Å². The third-order valence-electron chi connectivity index (χ3n) is 4.57. The maximum atomic E-state index is 10.6. The Morgan fingerprint density at radius 3 is 2.50 bits per heavy atom. The predicted octanol–water partition coefficient (Wildman–Crippen LogP) is 4.07. The van der Waals surface area contributed by atoms with E-state index in [0.29, 0.717) is 24.8 Å². The van der Waals surface area contributed by atoms with Gasteiger partial charge >= 0.3 is 0 Å². The minimum atomic E-state index is -0.533.